The van der Waals surface area contributed by atoms with Crippen molar-refractivity contribution in [3.63, 3.8) is 0 Å². The Balaban J connectivity index is 2.42. The van der Waals surface area contributed by atoms with Crippen LogP contribution in [0.2, 0.25) is 5.02 Å². The van der Waals surface area contributed by atoms with E-state index in [9.17, 15) is 9.18 Å². The number of carbonyl (C=O) groups is 1. The lowest BCUT2D eigenvalue weighted by Gasteiger charge is -2.32. The van der Waals surface area contributed by atoms with Gasteiger partial charge in [-0.2, -0.15) is 0 Å². The van der Waals surface area contributed by atoms with Crippen LogP contribution in [0.25, 0.3) is 0 Å². The minimum Gasteiger partial charge on any atom is -0.465 e. The summed E-state index contributed by atoms with van der Waals surface area (Å²) >= 11 is 5.92. The summed E-state index contributed by atoms with van der Waals surface area (Å²) in [5.41, 5.74) is -1.44. The summed E-state index contributed by atoms with van der Waals surface area (Å²) in [6.07, 6.45) is -1.38. The minimum atomic E-state index is -1.38. The third-order valence-corrected chi connectivity index (χ3v) is 4.03. The zero-order valence-electron chi connectivity index (χ0n) is 12.2. The fourth-order valence-electron chi connectivity index (χ4n) is 1.96. The lowest BCUT2D eigenvalue weighted by atomic mass is 9.78. The van der Waals surface area contributed by atoms with Crippen LogP contribution in [0.15, 0.2) is 12.1 Å². The highest BCUT2D eigenvalue weighted by Crippen LogP contribution is 2.37. The molecule has 5 nitrogen and oxygen atoms in total. The molecule has 0 spiro atoms. The lowest BCUT2D eigenvalue weighted by molar-refractivity contribution is 0.00578. The predicted octanol–water partition coefficient (Wildman–Crippen LogP) is 2.87. The van der Waals surface area contributed by atoms with Crippen LogP contribution in [-0.4, -0.2) is 29.5 Å². The highest BCUT2D eigenvalue weighted by Gasteiger charge is 2.52. The molecule has 1 aromatic carbocycles. The number of rotatable bonds is 2. The number of halogens is 2. The van der Waals surface area contributed by atoms with Gasteiger partial charge >= 0.3 is 13.2 Å². The normalized spacial score (nSPS) is 19.6. The fraction of sp³-hybridized carbons (Fsp3) is 0.462. The van der Waals surface area contributed by atoms with Crippen molar-refractivity contribution in [2.75, 3.05) is 5.32 Å². The first-order valence-electron chi connectivity index (χ1n) is 6.38. The van der Waals surface area contributed by atoms with Gasteiger partial charge in [-0.05, 0) is 39.8 Å². The molecule has 0 radical (unpaired) electrons. The summed E-state index contributed by atoms with van der Waals surface area (Å²) in [7, 11) is -0.956. The van der Waals surface area contributed by atoms with Crippen molar-refractivity contribution in [3.05, 3.63) is 23.0 Å². The molecular formula is C13H16BClFNO4. The Hall–Kier alpha value is -1.31. The summed E-state index contributed by atoms with van der Waals surface area (Å²) in [4.78, 5) is 10.7. The molecule has 2 N–H and O–H groups in total. The first kappa shape index (κ1) is 16.1. The van der Waals surface area contributed by atoms with E-state index in [1.807, 2.05) is 33.0 Å². The Kier molecular flexibility index (Phi) is 3.95. The molecular weight excluding hydrogens is 299 g/mol. The predicted molar refractivity (Wildman–Crippen MR) is 78.8 cm³/mol. The molecule has 0 aromatic heterocycles. The van der Waals surface area contributed by atoms with Gasteiger partial charge < -0.3 is 14.4 Å². The van der Waals surface area contributed by atoms with E-state index in [2.05, 4.69) is 0 Å². The van der Waals surface area contributed by atoms with Gasteiger partial charge in [-0.15, -0.1) is 0 Å². The first-order valence-corrected chi connectivity index (χ1v) is 6.76. The maximum atomic E-state index is 14.4. The Labute approximate surface area is 127 Å². The van der Waals surface area contributed by atoms with E-state index in [1.165, 1.54) is 12.1 Å². The van der Waals surface area contributed by atoms with E-state index in [0.29, 0.717) is 0 Å². The van der Waals surface area contributed by atoms with Gasteiger partial charge in [0.25, 0.3) is 0 Å². The Morgan fingerprint density at radius 2 is 1.81 bits per heavy atom. The van der Waals surface area contributed by atoms with Gasteiger partial charge in [0.2, 0.25) is 0 Å². The second-order valence-electron chi connectivity index (χ2n) is 5.87. The molecule has 114 valence electrons. The van der Waals surface area contributed by atoms with E-state index in [1.54, 1.807) is 0 Å². The van der Waals surface area contributed by atoms with Crippen LogP contribution < -0.4 is 10.8 Å². The highest BCUT2D eigenvalue weighted by atomic mass is 35.5. The summed E-state index contributed by atoms with van der Waals surface area (Å²) in [5, 5.41) is 10.9. The number of carboxylic acid groups (broad SMARTS) is 1. The second-order valence-corrected chi connectivity index (χ2v) is 6.31. The van der Waals surface area contributed by atoms with Crippen molar-refractivity contribution >= 4 is 36.0 Å². The monoisotopic (exact) mass is 315 g/mol. The molecule has 21 heavy (non-hydrogen) atoms. The van der Waals surface area contributed by atoms with Crippen molar-refractivity contribution in [2.24, 2.45) is 0 Å². The third-order valence-electron chi connectivity index (χ3n) is 3.81. The van der Waals surface area contributed by atoms with Crippen molar-refractivity contribution in [2.45, 2.75) is 38.9 Å². The van der Waals surface area contributed by atoms with E-state index in [4.69, 9.17) is 26.0 Å². The molecule has 0 unspecified atom stereocenters. The number of hydrogen-bond acceptors (Lipinski definition) is 3. The van der Waals surface area contributed by atoms with Crippen LogP contribution in [0.1, 0.15) is 27.7 Å². The molecule has 0 atom stereocenters. The van der Waals surface area contributed by atoms with E-state index in [0.717, 1.165) is 0 Å². The molecule has 1 aliphatic heterocycles. The topological polar surface area (TPSA) is 67.8 Å². The van der Waals surface area contributed by atoms with Crippen LogP contribution in [0, 0.1) is 5.82 Å². The van der Waals surface area contributed by atoms with Crippen LogP contribution in [0.5, 0.6) is 0 Å². The Morgan fingerprint density at radius 3 is 2.29 bits per heavy atom. The third kappa shape index (κ3) is 3.00. The van der Waals surface area contributed by atoms with E-state index >= 15 is 0 Å². The summed E-state index contributed by atoms with van der Waals surface area (Å²) < 4.78 is 25.9. The molecule has 2 rings (SSSR count). The zero-order chi connectivity index (χ0) is 16.0. The quantitative estimate of drug-likeness (QED) is 0.824. The van der Waals surface area contributed by atoms with Crippen LogP contribution in [-0.2, 0) is 9.31 Å². The van der Waals surface area contributed by atoms with Gasteiger partial charge in [-0.1, -0.05) is 11.6 Å². The second kappa shape index (κ2) is 5.16. The van der Waals surface area contributed by atoms with Crippen molar-refractivity contribution < 1.29 is 23.6 Å². The van der Waals surface area contributed by atoms with Gasteiger partial charge in [-0.3, -0.25) is 5.32 Å². The molecule has 1 aliphatic rings. The van der Waals surface area contributed by atoms with Crippen LogP contribution >= 0.6 is 11.6 Å². The first-order chi connectivity index (χ1) is 9.53. The van der Waals surface area contributed by atoms with Gasteiger partial charge in [0.05, 0.1) is 16.9 Å². The molecule has 0 aliphatic carbocycles. The molecule has 1 amide bonds. The van der Waals surface area contributed by atoms with Crippen molar-refractivity contribution in [1.82, 2.24) is 0 Å². The van der Waals surface area contributed by atoms with Gasteiger partial charge in [0, 0.05) is 10.5 Å². The van der Waals surface area contributed by atoms with Crippen molar-refractivity contribution in [3.8, 4) is 0 Å². The Bertz CT molecular complexity index is 578. The Morgan fingerprint density at radius 1 is 1.29 bits per heavy atom. The summed E-state index contributed by atoms with van der Waals surface area (Å²) in [6, 6.07) is 2.56. The molecule has 0 bridgehead atoms. The molecule has 0 saturated carbocycles. The molecule has 1 aromatic rings. The average molecular weight is 316 g/mol. The molecule has 1 heterocycles. The van der Waals surface area contributed by atoms with Crippen LogP contribution in [0.4, 0.5) is 14.9 Å². The largest absolute Gasteiger partial charge is 0.497 e. The summed E-state index contributed by atoms with van der Waals surface area (Å²) in [6.45, 7) is 7.36. The fourth-order valence-corrected chi connectivity index (χ4v) is 2.18. The van der Waals surface area contributed by atoms with E-state index in [-0.39, 0.29) is 16.2 Å². The molecule has 1 saturated heterocycles. The average Bonchev–Trinajstić information content (AvgIpc) is 2.52. The van der Waals surface area contributed by atoms with Gasteiger partial charge in [-0.25, -0.2) is 9.18 Å². The minimum absolute atomic E-state index is 0.0601. The number of anilines is 1. The number of amides is 1. The lowest BCUT2D eigenvalue weighted by Crippen LogP contribution is -2.41. The molecule has 8 heteroatoms. The van der Waals surface area contributed by atoms with Gasteiger partial charge in [0.1, 0.15) is 5.82 Å². The maximum absolute atomic E-state index is 14.4. The number of benzene rings is 1. The number of nitrogens with one attached hydrogen (secondary N) is 1. The highest BCUT2D eigenvalue weighted by molar-refractivity contribution is 6.62. The zero-order valence-corrected chi connectivity index (χ0v) is 12.9. The molecule has 1 fully saturated rings. The standard InChI is InChI=1S/C13H16BClFNO4/c1-12(2)13(3,4)21-14(20-12)8-5-7(15)6-9(10(8)16)17-11(18)19/h5-6,17H,1-4H3,(H,18,19). The number of hydrogen-bond donors (Lipinski definition) is 2. The maximum Gasteiger partial charge on any atom is 0.497 e. The SMILES string of the molecule is CC1(C)OB(c2cc(Cl)cc(NC(=O)O)c2F)OC1(C)C. The summed E-state index contributed by atoms with van der Waals surface area (Å²) in [5.74, 6) is -0.764. The van der Waals surface area contributed by atoms with E-state index < -0.39 is 30.2 Å². The van der Waals surface area contributed by atoms with Gasteiger partial charge in [0.15, 0.2) is 0 Å². The van der Waals surface area contributed by atoms with Crippen molar-refractivity contribution in [1.29, 1.82) is 0 Å². The smallest absolute Gasteiger partial charge is 0.465 e. The van der Waals surface area contributed by atoms with Crippen LogP contribution in [0.3, 0.4) is 0 Å².